The van der Waals surface area contributed by atoms with E-state index in [9.17, 15) is 19.8 Å². The number of rotatable bonds is 10. The molecule has 0 radical (unpaired) electrons. The number of nitrogens with zero attached hydrogens (tertiary/aromatic N) is 5. The lowest BCUT2D eigenvalue weighted by molar-refractivity contribution is 0.0700. The zero-order valence-electron chi connectivity index (χ0n) is 21.8. The number of carbonyl (C=O) groups is 2. The van der Waals surface area contributed by atoms with Gasteiger partial charge in [-0.05, 0) is 59.0 Å². The Bertz CT molecular complexity index is 1270. The van der Waals surface area contributed by atoms with Gasteiger partial charge in [0.05, 0.1) is 17.5 Å². The van der Waals surface area contributed by atoms with Crippen molar-refractivity contribution in [3.05, 3.63) is 46.5 Å². The van der Waals surface area contributed by atoms with Gasteiger partial charge < -0.3 is 25.3 Å². The summed E-state index contributed by atoms with van der Waals surface area (Å²) >= 11 is 1.02. The molecule has 0 unspecified atom stereocenters. The molecule has 0 bridgehead atoms. The van der Waals surface area contributed by atoms with Crippen LogP contribution in [-0.2, 0) is 0 Å². The molecule has 12 heteroatoms. The third kappa shape index (κ3) is 7.03. The second-order valence-corrected chi connectivity index (χ2v) is 10.5. The number of carboxylic acids is 1. The van der Waals surface area contributed by atoms with Crippen LogP contribution in [0.4, 0.5) is 16.9 Å². The Morgan fingerprint density at radius 2 is 1.84 bits per heavy atom. The molecule has 0 saturated carbocycles. The first kappa shape index (κ1) is 27.4. The van der Waals surface area contributed by atoms with Crippen LogP contribution in [0.25, 0.3) is 11.3 Å². The van der Waals surface area contributed by atoms with Gasteiger partial charge in [0.1, 0.15) is 10.7 Å². The molecule has 0 spiro atoms. The number of carbonyl (C=O) groups excluding carboxylic acids is 1. The van der Waals surface area contributed by atoms with Crippen molar-refractivity contribution in [1.82, 2.24) is 25.2 Å². The van der Waals surface area contributed by atoms with Gasteiger partial charge in [0.2, 0.25) is 5.95 Å². The van der Waals surface area contributed by atoms with E-state index < -0.39 is 5.97 Å². The van der Waals surface area contributed by atoms with Gasteiger partial charge in [-0.15, -0.1) is 0 Å². The minimum absolute atomic E-state index is 0.124. The van der Waals surface area contributed by atoms with Crippen molar-refractivity contribution in [2.45, 2.75) is 32.3 Å². The predicted molar refractivity (Wildman–Crippen MR) is 148 cm³/mol. The number of hydrogen-bond acceptors (Lipinski definition) is 10. The maximum Gasteiger partial charge on any atom is 0.347 e. The standard InChI is InChI=1S/C26H33N7O4S/c1-16-22(24(36)37)38-26(28-16)31-25-29-20(15-21(30-25)33-13-9-19(34)10-14-33)17-5-7-18(8-6-17)23(35)27-11-4-12-32(2)3/h5-8,15,19,34H,4,9-14H2,1-3H3,(H,27,35)(H,36,37)(H,28,29,30,31). The normalized spacial score (nSPS) is 14.1. The number of anilines is 3. The number of aliphatic hydroxyl groups excluding tert-OH is 1. The Morgan fingerprint density at radius 3 is 2.47 bits per heavy atom. The molecule has 1 aliphatic rings. The van der Waals surface area contributed by atoms with Gasteiger partial charge in [0, 0.05) is 36.8 Å². The van der Waals surface area contributed by atoms with Crippen LogP contribution in [0.5, 0.6) is 0 Å². The van der Waals surface area contributed by atoms with Crippen LogP contribution in [-0.4, -0.2) is 88.3 Å². The highest BCUT2D eigenvalue weighted by atomic mass is 32.1. The van der Waals surface area contributed by atoms with Gasteiger partial charge in [-0.3, -0.25) is 10.1 Å². The predicted octanol–water partition coefficient (Wildman–Crippen LogP) is 2.99. The van der Waals surface area contributed by atoms with E-state index in [1.54, 1.807) is 19.1 Å². The summed E-state index contributed by atoms with van der Waals surface area (Å²) in [5.41, 5.74) is 2.44. The summed E-state index contributed by atoms with van der Waals surface area (Å²) in [6.45, 7) is 4.47. The molecule has 11 nitrogen and oxygen atoms in total. The number of aliphatic hydroxyl groups is 1. The van der Waals surface area contributed by atoms with Crippen LogP contribution in [0.2, 0.25) is 0 Å². The lowest BCUT2D eigenvalue weighted by Gasteiger charge is -2.30. The van der Waals surface area contributed by atoms with Crippen molar-refractivity contribution in [3.8, 4) is 11.3 Å². The quantitative estimate of drug-likeness (QED) is 0.284. The second kappa shape index (κ2) is 12.3. The third-order valence-corrected chi connectivity index (χ3v) is 7.28. The van der Waals surface area contributed by atoms with Crippen LogP contribution in [0.3, 0.4) is 0 Å². The molecule has 4 N–H and O–H groups in total. The summed E-state index contributed by atoms with van der Waals surface area (Å²) in [7, 11) is 4.00. The fourth-order valence-corrected chi connectivity index (χ4v) is 4.93. The van der Waals surface area contributed by atoms with E-state index in [0.29, 0.717) is 60.4 Å². The monoisotopic (exact) mass is 539 g/mol. The van der Waals surface area contributed by atoms with Crippen LogP contribution in [0.1, 0.15) is 45.0 Å². The molecule has 1 fully saturated rings. The van der Waals surface area contributed by atoms with E-state index in [1.807, 2.05) is 32.3 Å². The van der Waals surface area contributed by atoms with Crippen molar-refractivity contribution < 1.29 is 19.8 Å². The summed E-state index contributed by atoms with van der Waals surface area (Å²) in [5.74, 6) is -0.172. The zero-order valence-corrected chi connectivity index (χ0v) is 22.6. The molecule has 4 rings (SSSR count). The first-order valence-corrected chi connectivity index (χ1v) is 13.3. The number of aromatic carboxylic acids is 1. The number of nitrogens with one attached hydrogen (secondary N) is 2. The van der Waals surface area contributed by atoms with Gasteiger partial charge in [0.25, 0.3) is 5.91 Å². The SMILES string of the molecule is Cc1nc(Nc2nc(-c3ccc(C(=O)NCCCN(C)C)cc3)cc(N3CCC(O)CC3)n2)sc1C(=O)O. The Labute approximate surface area is 225 Å². The molecule has 3 heterocycles. The minimum Gasteiger partial charge on any atom is -0.477 e. The lowest BCUT2D eigenvalue weighted by atomic mass is 10.1. The molecule has 2 aromatic heterocycles. The highest BCUT2D eigenvalue weighted by Crippen LogP contribution is 2.29. The van der Waals surface area contributed by atoms with Crippen molar-refractivity contribution in [2.24, 2.45) is 0 Å². The second-order valence-electron chi connectivity index (χ2n) is 9.51. The summed E-state index contributed by atoms with van der Waals surface area (Å²) in [5, 5.41) is 25.7. The van der Waals surface area contributed by atoms with E-state index in [1.165, 1.54) is 0 Å². The van der Waals surface area contributed by atoms with Gasteiger partial charge in [-0.2, -0.15) is 4.98 Å². The first-order chi connectivity index (χ1) is 18.2. The fourth-order valence-electron chi connectivity index (χ4n) is 4.13. The molecule has 0 atom stereocenters. The minimum atomic E-state index is -1.03. The highest BCUT2D eigenvalue weighted by Gasteiger charge is 2.21. The van der Waals surface area contributed by atoms with Gasteiger partial charge in [0.15, 0.2) is 5.13 Å². The number of carboxylic acid groups (broad SMARTS) is 1. The van der Waals surface area contributed by atoms with E-state index >= 15 is 0 Å². The molecule has 202 valence electrons. The largest absolute Gasteiger partial charge is 0.477 e. The number of amides is 1. The van der Waals surface area contributed by atoms with Gasteiger partial charge >= 0.3 is 5.97 Å². The fraction of sp³-hybridized carbons (Fsp3) is 0.423. The van der Waals surface area contributed by atoms with Crippen molar-refractivity contribution >= 4 is 40.1 Å². The van der Waals surface area contributed by atoms with Crippen LogP contribution in [0, 0.1) is 6.92 Å². The smallest absolute Gasteiger partial charge is 0.347 e. The number of benzene rings is 1. The lowest BCUT2D eigenvalue weighted by Crippen LogP contribution is -2.36. The topological polar surface area (TPSA) is 144 Å². The summed E-state index contributed by atoms with van der Waals surface area (Å²) < 4.78 is 0. The van der Waals surface area contributed by atoms with Crippen molar-refractivity contribution in [1.29, 1.82) is 0 Å². The number of hydrogen-bond donors (Lipinski definition) is 4. The molecule has 1 saturated heterocycles. The molecule has 3 aromatic rings. The van der Waals surface area contributed by atoms with E-state index in [0.717, 1.165) is 29.9 Å². The molecule has 0 aliphatic carbocycles. The third-order valence-electron chi connectivity index (χ3n) is 6.22. The van der Waals surface area contributed by atoms with Crippen LogP contribution >= 0.6 is 11.3 Å². The summed E-state index contributed by atoms with van der Waals surface area (Å²) in [6, 6.07) is 9.12. The molecule has 1 aliphatic heterocycles. The molecular formula is C26H33N7O4S. The van der Waals surface area contributed by atoms with Crippen LogP contribution < -0.4 is 15.5 Å². The van der Waals surface area contributed by atoms with E-state index in [4.69, 9.17) is 0 Å². The van der Waals surface area contributed by atoms with Crippen molar-refractivity contribution in [2.75, 3.05) is 50.5 Å². The maximum atomic E-state index is 12.5. The zero-order chi connectivity index (χ0) is 27.2. The Hall–Kier alpha value is -3.61. The first-order valence-electron chi connectivity index (χ1n) is 12.5. The summed E-state index contributed by atoms with van der Waals surface area (Å²) in [4.78, 5) is 41.9. The maximum absolute atomic E-state index is 12.5. The summed E-state index contributed by atoms with van der Waals surface area (Å²) in [6.07, 6.45) is 1.85. The van der Waals surface area contributed by atoms with Crippen molar-refractivity contribution in [3.63, 3.8) is 0 Å². The van der Waals surface area contributed by atoms with Gasteiger partial charge in [-0.25, -0.2) is 14.8 Å². The van der Waals surface area contributed by atoms with Crippen LogP contribution in [0.15, 0.2) is 30.3 Å². The van der Waals surface area contributed by atoms with Gasteiger partial charge in [-0.1, -0.05) is 23.5 Å². The Morgan fingerprint density at radius 1 is 1.13 bits per heavy atom. The number of aryl methyl sites for hydroxylation is 1. The van der Waals surface area contributed by atoms with E-state index in [2.05, 4.69) is 35.4 Å². The number of piperidine rings is 1. The molecule has 1 amide bonds. The molecule has 38 heavy (non-hydrogen) atoms. The molecule has 1 aromatic carbocycles. The Kier molecular flexibility index (Phi) is 8.87. The average Bonchev–Trinajstić information content (AvgIpc) is 3.26. The number of thiazole rings is 1. The van der Waals surface area contributed by atoms with E-state index in [-0.39, 0.29) is 22.8 Å². The molecular weight excluding hydrogens is 506 g/mol. The highest BCUT2D eigenvalue weighted by molar-refractivity contribution is 7.17. The average molecular weight is 540 g/mol. The number of aromatic nitrogens is 3. The Balaban J connectivity index is 1.57.